The summed E-state index contributed by atoms with van der Waals surface area (Å²) >= 11 is 0. The zero-order valence-corrected chi connectivity index (χ0v) is 8.67. The van der Waals surface area contributed by atoms with Crippen LogP contribution in [0.1, 0.15) is 17.2 Å². The van der Waals surface area contributed by atoms with Gasteiger partial charge in [-0.25, -0.2) is 0 Å². The van der Waals surface area contributed by atoms with Crippen LogP contribution in [0.3, 0.4) is 0 Å². The largest absolute Gasteiger partial charge is 0.376 e. The Bertz CT molecular complexity index is 497. The molecule has 1 aromatic heterocycles. The zero-order chi connectivity index (χ0) is 11.2. The summed E-state index contributed by atoms with van der Waals surface area (Å²) in [7, 11) is 0. The SMILES string of the molecule is O[C@@H](C#Cc1ccccc1)c1cccnc1. The number of nitrogens with zero attached hydrogens (tertiary/aromatic N) is 1. The molecule has 0 radical (unpaired) electrons. The highest BCUT2D eigenvalue weighted by Gasteiger charge is 2.01. The molecule has 0 unspecified atom stereocenters. The van der Waals surface area contributed by atoms with Gasteiger partial charge in [-0.1, -0.05) is 36.1 Å². The maximum absolute atomic E-state index is 9.77. The van der Waals surface area contributed by atoms with Gasteiger partial charge in [0.1, 0.15) is 6.10 Å². The average Bonchev–Trinajstić information content (AvgIpc) is 2.38. The molecule has 0 aliphatic rings. The van der Waals surface area contributed by atoms with Gasteiger partial charge in [-0.2, -0.15) is 0 Å². The molecule has 2 rings (SSSR count). The molecule has 1 atom stereocenters. The summed E-state index contributed by atoms with van der Waals surface area (Å²) in [4.78, 5) is 3.93. The van der Waals surface area contributed by atoms with Gasteiger partial charge in [0.2, 0.25) is 0 Å². The highest BCUT2D eigenvalue weighted by atomic mass is 16.3. The first-order valence-corrected chi connectivity index (χ1v) is 5.01. The van der Waals surface area contributed by atoms with Crippen LogP contribution in [-0.2, 0) is 0 Å². The number of aliphatic hydroxyl groups excluding tert-OH is 1. The molecule has 0 amide bonds. The quantitative estimate of drug-likeness (QED) is 0.730. The van der Waals surface area contributed by atoms with Crippen molar-refractivity contribution in [1.29, 1.82) is 0 Å². The first-order chi connectivity index (χ1) is 7.86. The lowest BCUT2D eigenvalue weighted by molar-refractivity contribution is 0.238. The van der Waals surface area contributed by atoms with E-state index in [0.29, 0.717) is 5.56 Å². The van der Waals surface area contributed by atoms with Crippen molar-refractivity contribution < 1.29 is 5.11 Å². The Morgan fingerprint density at radius 1 is 1.06 bits per heavy atom. The van der Waals surface area contributed by atoms with Crippen molar-refractivity contribution in [3.8, 4) is 11.8 Å². The lowest BCUT2D eigenvalue weighted by atomic mass is 10.1. The van der Waals surface area contributed by atoms with Crippen LogP contribution in [0, 0.1) is 11.8 Å². The molecule has 2 nitrogen and oxygen atoms in total. The van der Waals surface area contributed by atoms with Crippen LogP contribution in [0.5, 0.6) is 0 Å². The van der Waals surface area contributed by atoms with Crippen molar-refractivity contribution in [1.82, 2.24) is 4.98 Å². The van der Waals surface area contributed by atoms with Crippen molar-refractivity contribution in [2.75, 3.05) is 0 Å². The maximum Gasteiger partial charge on any atom is 0.142 e. The van der Waals surface area contributed by atoms with Crippen molar-refractivity contribution in [2.45, 2.75) is 6.10 Å². The fourth-order valence-corrected chi connectivity index (χ4v) is 1.29. The van der Waals surface area contributed by atoms with Crippen LogP contribution in [0.25, 0.3) is 0 Å². The predicted molar refractivity (Wildman–Crippen MR) is 62.5 cm³/mol. The molecule has 2 heteroatoms. The summed E-state index contributed by atoms with van der Waals surface area (Å²) in [5.41, 5.74) is 1.61. The fourth-order valence-electron chi connectivity index (χ4n) is 1.29. The molecule has 1 N–H and O–H groups in total. The Morgan fingerprint density at radius 2 is 1.88 bits per heavy atom. The third kappa shape index (κ3) is 2.69. The van der Waals surface area contributed by atoms with Gasteiger partial charge in [0, 0.05) is 23.5 Å². The third-order valence-corrected chi connectivity index (χ3v) is 2.13. The molecule has 0 bridgehead atoms. The van der Waals surface area contributed by atoms with Crippen molar-refractivity contribution in [2.24, 2.45) is 0 Å². The number of hydrogen-bond donors (Lipinski definition) is 1. The van der Waals surface area contributed by atoms with E-state index < -0.39 is 6.10 Å². The van der Waals surface area contributed by atoms with Crippen LogP contribution in [-0.4, -0.2) is 10.1 Å². The van der Waals surface area contributed by atoms with Crippen molar-refractivity contribution in [3.05, 3.63) is 66.0 Å². The Labute approximate surface area is 94.6 Å². The van der Waals surface area contributed by atoms with E-state index >= 15 is 0 Å². The van der Waals surface area contributed by atoms with E-state index in [9.17, 15) is 5.11 Å². The Kier molecular flexibility index (Phi) is 3.32. The van der Waals surface area contributed by atoms with Gasteiger partial charge in [-0.3, -0.25) is 4.98 Å². The molecule has 0 saturated carbocycles. The minimum atomic E-state index is -0.783. The molecular formula is C14H11NO. The molecular weight excluding hydrogens is 198 g/mol. The second-order valence-electron chi connectivity index (χ2n) is 3.32. The molecule has 1 heterocycles. The van der Waals surface area contributed by atoms with Crippen LogP contribution >= 0.6 is 0 Å². The van der Waals surface area contributed by atoms with Crippen molar-refractivity contribution >= 4 is 0 Å². The standard InChI is InChI=1S/C14H11NO/c16-14(13-7-4-10-15-11-13)9-8-12-5-2-1-3-6-12/h1-7,10-11,14,16H/t14-/m0/s1. The van der Waals surface area contributed by atoms with Gasteiger partial charge in [0.25, 0.3) is 0 Å². The number of hydrogen-bond acceptors (Lipinski definition) is 2. The maximum atomic E-state index is 9.77. The van der Waals surface area contributed by atoms with E-state index in [1.165, 1.54) is 0 Å². The number of aromatic nitrogens is 1. The minimum absolute atomic E-state index is 0.714. The molecule has 0 spiro atoms. The van der Waals surface area contributed by atoms with Gasteiger partial charge in [0.05, 0.1) is 0 Å². The van der Waals surface area contributed by atoms with Crippen LogP contribution in [0.4, 0.5) is 0 Å². The smallest absolute Gasteiger partial charge is 0.142 e. The molecule has 16 heavy (non-hydrogen) atoms. The molecule has 0 fully saturated rings. The van der Waals surface area contributed by atoms with Crippen LogP contribution in [0.15, 0.2) is 54.9 Å². The number of benzene rings is 1. The molecule has 78 valence electrons. The van der Waals surface area contributed by atoms with Gasteiger partial charge < -0.3 is 5.11 Å². The number of aliphatic hydroxyl groups is 1. The Morgan fingerprint density at radius 3 is 2.56 bits per heavy atom. The number of pyridine rings is 1. The summed E-state index contributed by atoms with van der Waals surface area (Å²) in [6, 6.07) is 13.2. The predicted octanol–water partition coefficient (Wildman–Crippen LogP) is 2.17. The molecule has 0 saturated heterocycles. The molecule has 0 aliphatic heterocycles. The second-order valence-corrected chi connectivity index (χ2v) is 3.32. The summed E-state index contributed by atoms with van der Waals surface area (Å²) in [5, 5.41) is 9.77. The first-order valence-electron chi connectivity index (χ1n) is 5.01. The lowest BCUT2D eigenvalue weighted by Crippen LogP contribution is -1.93. The second kappa shape index (κ2) is 5.11. The third-order valence-electron chi connectivity index (χ3n) is 2.13. The van der Waals surface area contributed by atoms with Gasteiger partial charge in [-0.15, -0.1) is 0 Å². The van der Waals surface area contributed by atoms with Crippen LogP contribution in [0.2, 0.25) is 0 Å². The van der Waals surface area contributed by atoms with Gasteiger partial charge >= 0.3 is 0 Å². The van der Waals surface area contributed by atoms with Gasteiger partial charge in [0.15, 0.2) is 0 Å². The van der Waals surface area contributed by atoms with E-state index in [1.807, 2.05) is 30.3 Å². The highest BCUT2D eigenvalue weighted by molar-refractivity contribution is 5.36. The average molecular weight is 209 g/mol. The summed E-state index contributed by atoms with van der Waals surface area (Å²) in [6.45, 7) is 0. The van der Waals surface area contributed by atoms with E-state index in [-0.39, 0.29) is 0 Å². The fraction of sp³-hybridized carbons (Fsp3) is 0.0714. The minimum Gasteiger partial charge on any atom is -0.376 e. The Balaban J connectivity index is 2.15. The summed E-state index contributed by atoms with van der Waals surface area (Å²) < 4.78 is 0. The number of rotatable bonds is 1. The van der Waals surface area contributed by atoms with Crippen LogP contribution < -0.4 is 0 Å². The monoisotopic (exact) mass is 209 g/mol. The van der Waals surface area contributed by atoms with E-state index in [1.54, 1.807) is 24.5 Å². The normalized spacial score (nSPS) is 11.3. The molecule has 1 aromatic carbocycles. The Hall–Kier alpha value is -2.11. The first kappa shape index (κ1) is 10.4. The van der Waals surface area contributed by atoms with E-state index in [0.717, 1.165) is 5.56 Å². The molecule has 0 aliphatic carbocycles. The summed E-state index contributed by atoms with van der Waals surface area (Å²) in [6.07, 6.45) is 2.50. The topological polar surface area (TPSA) is 33.1 Å². The zero-order valence-electron chi connectivity index (χ0n) is 8.67. The lowest BCUT2D eigenvalue weighted by Gasteiger charge is -2.01. The summed E-state index contributed by atoms with van der Waals surface area (Å²) in [5.74, 6) is 5.70. The highest BCUT2D eigenvalue weighted by Crippen LogP contribution is 2.09. The van der Waals surface area contributed by atoms with E-state index in [2.05, 4.69) is 16.8 Å². The van der Waals surface area contributed by atoms with Gasteiger partial charge in [-0.05, 0) is 18.2 Å². The molecule has 2 aromatic rings. The van der Waals surface area contributed by atoms with E-state index in [4.69, 9.17) is 0 Å². The van der Waals surface area contributed by atoms with Crippen molar-refractivity contribution in [3.63, 3.8) is 0 Å².